The Morgan fingerprint density at radius 2 is 1.90 bits per heavy atom. The van der Waals surface area contributed by atoms with Crippen LogP contribution >= 0.6 is 15.9 Å². The SMILES string of the molecule is Brc1ccc2nc3n(c2n1)C(c1ccccc1)CCC3. The predicted octanol–water partition coefficient (Wildman–Crippen LogP) is 4.12. The molecular weight excluding hydrogens is 314 g/mol. The molecule has 3 nitrogen and oxygen atoms in total. The van der Waals surface area contributed by atoms with E-state index in [0.717, 1.165) is 34.4 Å². The zero-order chi connectivity index (χ0) is 13.5. The van der Waals surface area contributed by atoms with Crippen LogP contribution in [0.2, 0.25) is 0 Å². The van der Waals surface area contributed by atoms with Crippen LogP contribution in [-0.4, -0.2) is 14.5 Å². The molecule has 0 spiro atoms. The first-order valence-corrected chi connectivity index (χ1v) is 7.70. The lowest BCUT2D eigenvalue weighted by Crippen LogP contribution is -2.19. The molecule has 0 saturated carbocycles. The zero-order valence-electron chi connectivity index (χ0n) is 11.0. The zero-order valence-corrected chi connectivity index (χ0v) is 12.5. The minimum Gasteiger partial charge on any atom is -0.305 e. The maximum absolute atomic E-state index is 4.75. The molecule has 0 bridgehead atoms. The van der Waals surface area contributed by atoms with Crippen molar-refractivity contribution in [3.63, 3.8) is 0 Å². The predicted molar refractivity (Wildman–Crippen MR) is 82.7 cm³/mol. The molecule has 0 aliphatic carbocycles. The molecule has 100 valence electrons. The fourth-order valence-electron chi connectivity index (χ4n) is 3.08. The van der Waals surface area contributed by atoms with Crippen LogP contribution < -0.4 is 0 Å². The quantitative estimate of drug-likeness (QED) is 0.629. The minimum atomic E-state index is 0.353. The van der Waals surface area contributed by atoms with Gasteiger partial charge in [-0.05, 0) is 46.5 Å². The Balaban J connectivity index is 1.95. The summed E-state index contributed by atoms with van der Waals surface area (Å²) in [5.74, 6) is 1.16. The Morgan fingerprint density at radius 1 is 1.05 bits per heavy atom. The van der Waals surface area contributed by atoms with E-state index in [1.807, 2.05) is 12.1 Å². The van der Waals surface area contributed by atoms with Crippen molar-refractivity contribution in [2.24, 2.45) is 0 Å². The van der Waals surface area contributed by atoms with Crippen LogP contribution in [0.5, 0.6) is 0 Å². The van der Waals surface area contributed by atoms with Crippen molar-refractivity contribution in [3.05, 3.63) is 58.5 Å². The maximum atomic E-state index is 4.75. The number of halogens is 1. The first-order chi connectivity index (χ1) is 9.83. The third kappa shape index (κ3) is 1.86. The summed E-state index contributed by atoms with van der Waals surface area (Å²) in [6, 6.07) is 15.0. The van der Waals surface area contributed by atoms with E-state index < -0.39 is 0 Å². The smallest absolute Gasteiger partial charge is 0.161 e. The molecule has 0 fully saturated rings. The summed E-state index contributed by atoms with van der Waals surface area (Å²) in [5, 5.41) is 0. The number of benzene rings is 1. The van der Waals surface area contributed by atoms with E-state index in [1.165, 1.54) is 12.0 Å². The van der Waals surface area contributed by atoms with Gasteiger partial charge in [0.15, 0.2) is 5.65 Å². The van der Waals surface area contributed by atoms with E-state index >= 15 is 0 Å². The third-order valence-corrected chi connectivity index (χ3v) is 4.39. The summed E-state index contributed by atoms with van der Waals surface area (Å²) < 4.78 is 3.18. The van der Waals surface area contributed by atoms with Crippen LogP contribution in [0.1, 0.15) is 30.3 Å². The van der Waals surface area contributed by atoms with E-state index in [2.05, 4.69) is 55.8 Å². The Bertz CT molecular complexity index is 764. The van der Waals surface area contributed by atoms with Crippen LogP contribution in [0.3, 0.4) is 0 Å². The van der Waals surface area contributed by atoms with Gasteiger partial charge in [0.05, 0.1) is 6.04 Å². The fraction of sp³-hybridized carbons (Fsp3) is 0.250. The molecular formula is C16H14BrN3. The van der Waals surface area contributed by atoms with Gasteiger partial charge in [0, 0.05) is 6.42 Å². The van der Waals surface area contributed by atoms with E-state index in [-0.39, 0.29) is 0 Å². The van der Waals surface area contributed by atoms with E-state index in [9.17, 15) is 0 Å². The Labute approximate surface area is 125 Å². The fourth-order valence-corrected chi connectivity index (χ4v) is 3.38. The van der Waals surface area contributed by atoms with Gasteiger partial charge in [-0.3, -0.25) is 0 Å². The van der Waals surface area contributed by atoms with Gasteiger partial charge in [-0.25, -0.2) is 9.97 Å². The Morgan fingerprint density at radius 3 is 2.75 bits per heavy atom. The van der Waals surface area contributed by atoms with Crippen molar-refractivity contribution in [3.8, 4) is 0 Å². The number of hydrogen-bond acceptors (Lipinski definition) is 2. The van der Waals surface area contributed by atoms with Crippen LogP contribution in [0.15, 0.2) is 47.1 Å². The van der Waals surface area contributed by atoms with Gasteiger partial charge in [0.1, 0.15) is 15.9 Å². The second-order valence-corrected chi connectivity index (χ2v) is 6.01. The average molecular weight is 328 g/mol. The van der Waals surface area contributed by atoms with Gasteiger partial charge in [-0.15, -0.1) is 0 Å². The molecule has 20 heavy (non-hydrogen) atoms. The molecule has 1 atom stereocenters. The van der Waals surface area contributed by atoms with Crippen molar-refractivity contribution in [2.45, 2.75) is 25.3 Å². The molecule has 1 aromatic carbocycles. The summed E-state index contributed by atoms with van der Waals surface area (Å²) in [6.07, 6.45) is 3.37. The second-order valence-electron chi connectivity index (χ2n) is 5.19. The standard InChI is InChI=1S/C16H14BrN3/c17-14-10-9-12-16(19-14)20-13(7-4-8-15(20)18-12)11-5-2-1-3-6-11/h1-3,5-6,9-10,13H,4,7-8H2. The number of nitrogens with zero attached hydrogens (tertiary/aromatic N) is 3. The molecule has 3 heterocycles. The van der Waals surface area contributed by atoms with Crippen molar-refractivity contribution in [1.82, 2.24) is 14.5 Å². The molecule has 4 rings (SSSR count). The van der Waals surface area contributed by atoms with Crippen LogP contribution in [0.4, 0.5) is 0 Å². The second kappa shape index (κ2) is 4.70. The highest BCUT2D eigenvalue weighted by Gasteiger charge is 2.25. The monoisotopic (exact) mass is 327 g/mol. The molecule has 1 aliphatic heterocycles. The lowest BCUT2D eigenvalue weighted by Gasteiger charge is -2.25. The molecule has 2 aromatic heterocycles. The number of hydrogen-bond donors (Lipinski definition) is 0. The topological polar surface area (TPSA) is 30.7 Å². The first-order valence-electron chi connectivity index (χ1n) is 6.91. The lowest BCUT2D eigenvalue weighted by molar-refractivity contribution is 0.459. The maximum Gasteiger partial charge on any atom is 0.161 e. The van der Waals surface area contributed by atoms with Gasteiger partial charge in [0.2, 0.25) is 0 Å². The number of aryl methyl sites for hydroxylation is 1. The normalized spacial score (nSPS) is 18.1. The highest BCUT2D eigenvalue weighted by molar-refractivity contribution is 9.10. The molecule has 0 radical (unpaired) electrons. The van der Waals surface area contributed by atoms with E-state index in [0.29, 0.717) is 6.04 Å². The number of fused-ring (bicyclic) bond motifs is 3. The summed E-state index contributed by atoms with van der Waals surface area (Å²) in [5.41, 5.74) is 3.32. The van der Waals surface area contributed by atoms with E-state index in [4.69, 9.17) is 4.98 Å². The van der Waals surface area contributed by atoms with Crippen molar-refractivity contribution in [1.29, 1.82) is 0 Å². The van der Waals surface area contributed by atoms with Crippen LogP contribution in [-0.2, 0) is 6.42 Å². The first kappa shape index (κ1) is 12.1. The number of aromatic nitrogens is 3. The molecule has 1 unspecified atom stereocenters. The molecule has 1 aliphatic rings. The summed E-state index contributed by atoms with van der Waals surface area (Å²) >= 11 is 3.47. The van der Waals surface area contributed by atoms with Crippen molar-refractivity contribution < 1.29 is 0 Å². The Hall–Kier alpha value is -1.68. The lowest BCUT2D eigenvalue weighted by atomic mass is 9.97. The largest absolute Gasteiger partial charge is 0.305 e. The molecule has 0 N–H and O–H groups in total. The van der Waals surface area contributed by atoms with Gasteiger partial charge >= 0.3 is 0 Å². The van der Waals surface area contributed by atoms with Gasteiger partial charge < -0.3 is 4.57 Å². The van der Waals surface area contributed by atoms with Crippen LogP contribution in [0, 0.1) is 0 Å². The summed E-state index contributed by atoms with van der Waals surface area (Å²) in [6.45, 7) is 0. The number of pyridine rings is 1. The van der Waals surface area contributed by atoms with Gasteiger partial charge in [0.25, 0.3) is 0 Å². The van der Waals surface area contributed by atoms with Gasteiger partial charge in [-0.1, -0.05) is 30.3 Å². The molecule has 0 amide bonds. The van der Waals surface area contributed by atoms with Crippen LogP contribution in [0.25, 0.3) is 11.2 Å². The average Bonchev–Trinajstić information content (AvgIpc) is 2.86. The minimum absolute atomic E-state index is 0.353. The van der Waals surface area contributed by atoms with Crippen molar-refractivity contribution in [2.75, 3.05) is 0 Å². The highest BCUT2D eigenvalue weighted by Crippen LogP contribution is 2.33. The number of rotatable bonds is 1. The molecule has 4 heteroatoms. The van der Waals surface area contributed by atoms with E-state index in [1.54, 1.807) is 0 Å². The summed E-state index contributed by atoms with van der Waals surface area (Å²) in [7, 11) is 0. The Kier molecular flexibility index (Phi) is 2.84. The van der Waals surface area contributed by atoms with Crippen molar-refractivity contribution >= 4 is 27.1 Å². The molecule has 3 aromatic rings. The molecule has 0 saturated heterocycles. The van der Waals surface area contributed by atoms with Gasteiger partial charge in [-0.2, -0.15) is 0 Å². The third-order valence-electron chi connectivity index (χ3n) is 3.95. The summed E-state index contributed by atoms with van der Waals surface area (Å²) in [4.78, 5) is 9.39. The highest BCUT2D eigenvalue weighted by atomic mass is 79.9. The number of imidazole rings is 1.